The summed E-state index contributed by atoms with van der Waals surface area (Å²) in [5.74, 6) is -0.704. The largest absolute Gasteiger partial charge is 0.493 e. The highest BCUT2D eigenvalue weighted by Gasteiger charge is 2.19. The van der Waals surface area contributed by atoms with Crippen molar-refractivity contribution < 1.29 is 28.9 Å². The fourth-order valence-electron chi connectivity index (χ4n) is 2.92. The Morgan fingerprint density at radius 2 is 1.77 bits per heavy atom. The number of esters is 1. The van der Waals surface area contributed by atoms with Crippen molar-refractivity contribution in [3.8, 4) is 5.75 Å². The molecule has 0 aliphatic heterocycles. The minimum atomic E-state index is -0.975. The van der Waals surface area contributed by atoms with E-state index in [0.29, 0.717) is 43.1 Å². The fourth-order valence-corrected chi connectivity index (χ4v) is 2.92. The van der Waals surface area contributed by atoms with Gasteiger partial charge in [0, 0.05) is 25.1 Å². The minimum Gasteiger partial charge on any atom is -0.493 e. The van der Waals surface area contributed by atoms with Crippen LogP contribution >= 0.6 is 0 Å². The lowest BCUT2D eigenvalue weighted by molar-refractivity contribution is -0.149. The number of carboxylic acid groups (broad SMARTS) is 1. The molecular weight excluding hydrogens is 398 g/mol. The number of nitrogens with two attached hydrogens (primary N) is 1. The van der Waals surface area contributed by atoms with Gasteiger partial charge in [0.1, 0.15) is 11.4 Å². The minimum absolute atomic E-state index is 0.296. The van der Waals surface area contributed by atoms with Crippen LogP contribution in [0.2, 0.25) is 0 Å². The zero-order chi connectivity index (χ0) is 23.0. The predicted octanol–water partition coefficient (Wildman–Crippen LogP) is 3.88. The summed E-state index contributed by atoms with van der Waals surface area (Å²) >= 11 is 0. The van der Waals surface area contributed by atoms with Crippen LogP contribution in [0.15, 0.2) is 42.5 Å². The van der Waals surface area contributed by atoms with Gasteiger partial charge in [-0.05, 0) is 63.1 Å². The molecule has 0 bridgehead atoms. The van der Waals surface area contributed by atoms with Crippen LogP contribution in [0.1, 0.15) is 49.2 Å². The first-order valence-corrected chi connectivity index (χ1v) is 10.3. The third kappa shape index (κ3) is 7.94. The van der Waals surface area contributed by atoms with Gasteiger partial charge in [0.25, 0.3) is 0 Å². The maximum atomic E-state index is 12.1. The molecule has 2 aromatic rings. The Balaban J connectivity index is 1.89. The Kier molecular flexibility index (Phi) is 8.45. The Labute approximate surface area is 183 Å². The van der Waals surface area contributed by atoms with E-state index in [4.69, 9.17) is 19.9 Å². The van der Waals surface area contributed by atoms with Crippen molar-refractivity contribution >= 4 is 17.6 Å². The topological polar surface area (TPSA) is 108 Å². The summed E-state index contributed by atoms with van der Waals surface area (Å²) in [5, 5.41) is 9.18. The van der Waals surface area contributed by atoms with E-state index in [-0.39, 0.29) is 0 Å². The average Bonchev–Trinajstić information content (AvgIpc) is 2.68. The van der Waals surface area contributed by atoms with E-state index in [1.54, 1.807) is 37.3 Å². The summed E-state index contributed by atoms with van der Waals surface area (Å²) < 4.78 is 16.4. The molecule has 0 fully saturated rings. The van der Waals surface area contributed by atoms with Gasteiger partial charge in [0.2, 0.25) is 0 Å². The Morgan fingerprint density at radius 1 is 1.10 bits per heavy atom. The van der Waals surface area contributed by atoms with Gasteiger partial charge in [0.15, 0.2) is 6.10 Å². The van der Waals surface area contributed by atoms with Crippen LogP contribution in [0.4, 0.5) is 5.69 Å². The van der Waals surface area contributed by atoms with Crippen molar-refractivity contribution in [2.75, 3.05) is 18.9 Å². The van der Waals surface area contributed by atoms with Crippen molar-refractivity contribution in [3.63, 3.8) is 0 Å². The zero-order valence-corrected chi connectivity index (χ0v) is 18.5. The fraction of sp³-hybridized carbons (Fsp3) is 0.417. The van der Waals surface area contributed by atoms with Crippen LogP contribution in [0.25, 0.3) is 0 Å². The molecule has 0 saturated heterocycles. The molecule has 2 aromatic carbocycles. The van der Waals surface area contributed by atoms with Gasteiger partial charge in [0.05, 0.1) is 12.2 Å². The first-order valence-electron chi connectivity index (χ1n) is 10.3. The van der Waals surface area contributed by atoms with E-state index in [1.807, 2.05) is 32.9 Å². The number of hydrogen-bond donors (Lipinski definition) is 2. The molecule has 7 heteroatoms. The summed E-state index contributed by atoms with van der Waals surface area (Å²) in [7, 11) is 0. The molecule has 0 unspecified atom stereocenters. The second kappa shape index (κ2) is 10.8. The van der Waals surface area contributed by atoms with Crippen molar-refractivity contribution in [1.82, 2.24) is 0 Å². The molecule has 31 heavy (non-hydrogen) atoms. The number of carbonyl (C=O) groups is 2. The van der Waals surface area contributed by atoms with E-state index in [9.17, 15) is 14.7 Å². The molecule has 0 aliphatic rings. The monoisotopic (exact) mass is 429 g/mol. The number of ether oxygens (including phenoxy) is 3. The van der Waals surface area contributed by atoms with Crippen LogP contribution in [0.3, 0.4) is 0 Å². The second-order valence-corrected chi connectivity index (χ2v) is 8.14. The molecule has 2 rings (SSSR count). The summed E-state index contributed by atoms with van der Waals surface area (Å²) in [6.07, 6.45) is 0.0146. The number of benzene rings is 2. The maximum Gasteiger partial charge on any atom is 0.338 e. The number of nitrogen functional groups attached to an aromatic ring is 1. The number of carbonyl (C=O) groups excluding carboxylic acids is 1. The van der Waals surface area contributed by atoms with Gasteiger partial charge < -0.3 is 25.1 Å². The molecule has 0 radical (unpaired) electrons. The quantitative estimate of drug-likeness (QED) is 0.436. The summed E-state index contributed by atoms with van der Waals surface area (Å²) in [5.41, 5.74) is 8.19. The number of rotatable bonds is 10. The summed E-state index contributed by atoms with van der Waals surface area (Å²) in [4.78, 5) is 23.3. The smallest absolute Gasteiger partial charge is 0.338 e. The van der Waals surface area contributed by atoms with Gasteiger partial charge in [-0.15, -0.1) is 0 Å². The average molecular weight is 430 g/mol. The molecule has 3 N–H and O–H groups in total. The van der Waals surface area contributed by atoms with E-state index < -0.39 is 23.6 Å². The van der Waals surface area contributed by atoms with Crippen molar-refractivity contribution in [3.05, 3.63) is 59.2 Å². The molecule has 0 spiro atoms. The molecular formula is C24H31NO6. The molecule has 7 nitrogen and oxygen atoms in total. The van der Waals surface area contributed by atoms with Gasteiger partial charge in [-0.1, -0.05) is 18.2 Å². The second-order valence-electron chi connectivity index (χ2n) is 8.14. The molecule has 0 heterocycles. The van der Waals surface area contributed by atoms with Gasteiger partial charge in [-0.25, -0.2) is 9.59 Å². The zero-order valence-electron chi connectivity index (χ0n) is 18.5. The summed E-state index contributed by atoms with van der Waals surface area (Å²) in [6, 6.07) is 12.4. The lowest BCUT2D eigenvalue weighted by Gasteiger charge is -2.19. The Bertz CT molecular complexity index is 886. The van der Waals surface area contributed by atoms with Crippen molar-refractivity contribution in [2.45, 2.75) is 52.2 Å². The first kappa shape index (κ1) is 24.2. The Morgan fingerprint density at radius 3 is 2.32 bits per heavy atom. The van der Waals surface area contributed by atoms with Crippen molar-refractivity contribution in [1.29, 1.82) is 0 Å². The van der Waals surface area contributed by atoms with Crippen LogP contribution in [-0.4, -0.2) is 42.0 Å². The van der Waals surface area contributed by atoms with Gasteiger partial charge >= 0.3 is 11.9 Å². The third-order valence-corrected chi connectivity index (χ3v) is 4.41. The number of carboxylic acids is 1. The van der Waals surface area contributed by atoms with E-state index >= 15 is 0 Å². The number of anilines is 1. The molecule has 168 valence electrons. The maximum absolute atomic E-state index is 12.1. The third-order valence-electron chi connectivity index (χ3n) is 4.41. The highest BCUT2D eigenvalue weighted by molar-refractivity contribution is 5.91. The summed E-state index contributed by atoms with van der Waals surface area (Å²) in [6.45, 7) is 7.97. The van der Waals surface area contributed by atoms with E-state index in [2.05, 4.69) is 0 Å². The van der Waals surface area contributed by atoms with Crippen LogP contribution in [-0.2, 0) is 27.1 Å². The highest BCUT2D eigenvalue weighted by atomic mass is 16.6. The molecule has 1 atom stereocenters. The Hall–Kier alpha value is -3.06. The van der Waals surface area contributed by atoms with Crippen LogP contribution in [0, 0.1) is 0 Å². The molecule has 0 aromatic heterocycles. The van der Waals surface area contributed by atoms with Gasteiger partial charge in [-0.2, -0.15) is 0 Å². The van der Waals surface area contributed by atoms with Gasteiger partial charge in [-0.3, -0.25) is 0 Å². The number of aliphatic carboxylic acids is 1. The lowest BCUT2D eigenvalue weighted by atomic mass is 10.1. The number of hydrogen-bond acceptors (Lipinski definition) is 6. The van der Waals surface area contributed by atoms with Crippen LogP contribution in [0.5, 0.6) is 5.75 Å². The molecule has 0 amide bonds. The van der Waals surface area contributed by atoms with Crippen LogP contribution < -0.4 is 10.5 Å². The molecule has 0 saturated carbocycles. The predicted molar refractivity (Wildman–Crippen MR) is 118 cm³/mol. The highest BCUT2D eigenvalue weighted by Crippen LogP contribution is 2.19. The van der Waals surface area contributed by atoms with E-state index in [0.717, 1.165) is 11.1 Å². The SMILES string of the molecule is CCO[C@@H](Cc1ccc(OCCc2ccc(C(=O)OC(C)(C)C)cc2N)cc1)C(=O)O. The first-order chi connectivity index (χ1) is 14.6. The van der Waals surface area contributed by atoms with Crippen molar-refractivity contribution in [2.24, 2.45) is 0 Å². The lowest BCUT2D eigenvalue weighted by Crippen LogP contribution is -2.26. The van der Waals surface area contributed by atoms with E-state index in [1.165, 1.54) is 0 Å². The normalized spacial score (nSPS) is 12.3. The molecule has 0 aliphatic carbocycles. The standard InChI is InChI=1S/C24H31NO6/c1-5-29-21(22(26)27)14-16-6-10-19(11-7-16)30-13-12-17-8-9-18(15-20(17)25)23(28)31-24(2,3)4/h6-11,15,21H,5,12-14,25H2,1-4H3,(H,26,27)/t21-/m0/s1.